The van der Waals surface area contributed by atoms with Gasteiger partial charge in [0.25, 0.3) is 0 Å². The lowest BCUT2D eigenvalue weighted by Gasteiger charge is -2.03. The molecule has 1 N–H and O–H groups in total. The number of nitrogens with one attached hydrogen (secondary N) is 1. The van der Waals surface area contributed by atoms with Crippen molar-refractivity contribution in [2.45, 2.75) is 19.8 Å². The Balaban J connectivity index is 2.36. The molecule has 0 saturated heterocycles. The van der Waals surface area contributed by atoms with Gasteiger partial charge in [-0.2, -0.15) is 15.8 Å². The summed E-state index contributed by atoms with van der Waals surface area (Å²) in [5.41, 5.74) is 1.54. The zero-order chi connectivity index (χ0) is 15.2. The second-order valence-electron chi connectivity index (χ2n) is 4.25. The third kappa shape index (κ3) is 3.00. The molecule has 102 valence electrons. The summed E-state index contributed by atoms with van der Waals surface area (Å²) in [6, 6.07) is 10.3. The van der Waals surface area contributed by atoms with Gasteiger partial charge in [-0.25, -0.2) is 4.98 Å². The lowest BCUT2D eigenvalue weighted by molar-refractivity contribution is 0.525. The van der Waals surface area contributed by atoms with Gasteiger partial charge in [0.15, 0.2) is 17.0 Å². The van der Waals surface area contributed by atoms with Crippen LogP contribution in [0.2, 0.25) is 0 Å². The molecule has 0 bridgehead atoms. The minimum atomic E-state index is -0.260. The molecule has 0 radical (unpaired) electrons. The second kappa shape index (κ2) is 6.23. The Kier molecular flexibility index (Phi) is 4.19. The van der Waals surface area contributed by atoms with E-state index in [4.69, 9.17) is 20.2 Å². The fraction of sp³-hybridized carbons (Fsp3) is 0.200. The van der Waals surface area contributed by atoms with E-state index in [2.05, 4.69) is 10.3 Å². The fourth-order valence-electron chi connectivity index (χ4n) is 1.80. The van der Waals surface area contributed by atoms with Crippen molar-refractivity contribution >= 4 is 16.8 Å². The molecular formula is C15H11N5O. The van der Waals surface area contributed by atoms with E-state index in [1.165, 1.54) is 0 Å². The van der Waals surface area contributed by atoms with Crippen molar-refractivity contribution < 1.29 is 4.42 Å². The number of nitrogens with zero attached hydrogens (tertiary/aromatic N) is 4. The number of aromatic nitrogens is 1. The summed E-state index contributed by atoms with van der Waals surface area (Å²) in [7, 11) is 0. The van der Waals surface area contributed by atoms with Gasteiger partial charge < -0.3 is 9.73 Å². The van der Waals surface area contributed by atoms with Crippen LogP contribution in [-0.2, 0) is 6.42 Å². The molecule has 0 amide bonds. The van der Waals surface area contributed by atoms with Crippen molar-refractivity contribution in [1.29, 1.82) is 15.8 Å². The summed E-state index contributed by atoms with van der Waals surface area (Å²) in [6.07, 6.45) is 1.70. The van der Waals surface area contributed by atoms with Gasteiger partial charge in [0.2, 0.25) is 0 Å². The molecule has 0 aliphatic rings. The van der Waals surface area contributed by atoms with E-state index < -0.39 is 0 Å². The SMILES string of the molecule is CCCc1nc2cc(NC(C#N)=C(C#N)C#N)ccc2o1. The van der Waals surface area contributed by atoms with Crippen LogP contribution < -0.4 is 5.32 Å². The Hall–Kier alpha value is -3.30. The van der Waals surface area contributed by atoms with E-state index in [0.717, 1.165) is 12.8 Å². The van der Waals surface area contributed by atoms with Crippen molar-refractivity contribution in [2.24, 2.45) is 0 Å². The first-order valence-corrected chi connectivity index (χ1v) is 6.32. The quantitative estimate of drug-likeness (QED) is 0.860. The average molecular weight is 277 g/mol. The Morgan fingerprint density at radius 1 is 1.24 bits per heavy atom. The number of hydrogen-bond donors (Lipinski definition) is 1. The molecule has 0 atom stereocenters. The second-order valence-corrected chi connectivity index (χ2v) is 4.25. The molecule has 0 unspecified atom stereocenters. The number of rotatable bonds is 4. The number of aryl methyl sites for hydroxylation is 1. The minimum absolute atomic E-state index is 0.0865. The van der Waals surface area contributed by atoms with Crippen LogP contribution in [0.15, 0.2) is 33.9 Å². The van der Waals surface area contributed by atoms with Gasteiger partial charge in [-0.15, -0.1) is 0 Å². The van der Waals surface area contributed by atoms with Crippen molar-refractivity contribution in [1.82, 2.24) is 4.98 Å². The molecule has 1 aromatic carbocycles. The highest BCUT2D eigenvalue weighted by atomic mass is 16.3. The Bertz CT molecular complexity index is 810. The summed E-state index contributed by atoms with van der Waals surface area (Å²) in [5, 5.41) is 29.3. The maximum Gasteiger partial charge on any atom is 0.195 e. The van der Waals surface area contributed by atoms with Gasteiger partial charge in [0, 0.05) is 12.1 Å². The molecule has 0 saturated carbocycles. The molecule has 2 rings (SSSR count). The van der Waals surface area contributed by atoms with Gasteiger partial charge >= 0.3 is 0 Å². The molecule has 21 heavy (non-hydrogen) atoms. The van der Waals surface area contributed by atoms with Crippen molar-refractivity contribution in [3.63, 3.8) is 0 Å². The van der Waals surface area contributed by atoms with Crippen molar-refractivity contribution in [3.8, 4) is 18.2 Å². The summed E-state index contributed by atoms with van der Waals surface area (Å²) < 4.78 is 5.56. The van der Waals surface area contributed by atoms with E-state index in [0.29, 0.717) is 22.7 Å². The number of nitriles is 3. The lowest BCUT2D eigenvalue weighted by atomic mass is 10.2. The van der Waals surface area contributed by atoms with Gasteiger partial charge in [-0.1, -0.05) is 6.92 Å². The number of hydrogen-bond acceptors (Lipinski definition) is 6. The molecule has 1 aromatic heterocycles. The largest absolute Gasteiger partial charge is 0.441 e. The average Bonchev–Trinajstić information content (AvgIpc) is 2.89. The third-order valence-corrected chi connectivity index (χ3v) is 2.75. The molecule has 0 aliphatic carbocycles. The molecule has 0 spiro atoms. The predicted molar refractivity (Wildman–Crippen MR) is 75.5 cm³/mol. The standard InChI is InChI=1S/C15H11N5O/c1-2-3-15-20-12-6-11(4-5-14(12)21-15)19-13(9-18)10(7-16)8-17/h4-6,19H,2-3H2,1H3. The molecule has 0 fully saturated rings. The van der Waals surface area contributed by atoms with Crippen LogP contribution in [0.5, 0.6) is 0 Å². The van der Waals surface area contributed by atoms with Crippen LogP contribution in [0, 0.1) is 34.0 Å². The van der Waals surface area contributed by atoms with Gasteiger partial charge in [0.1, 0.15) is 29.4 Å². The highest BCUT2D eigenvalue weighted by Gasteiger charge is 2.09. The number of anilines is 1. The Morgan fingerprint density at radius 2 is 2.00 bits per heavy atom. The predicted octanol–water partition coefficient (Wildman–Crippen LogP) is 3.02. The maximum absolute atomic E-state index is 9.00. The number of fused-ring (bicyclic) bond motifs is 1. The first kappa shape index (κ1) is 14.1. The highest BCUT2D eigenvalue weighted by Crippen LogP contribution is 2.22. The molecular weight excluding hydrogens is 266 g/mol. The van der Waals surface area contributed by atoms with Crippen LogP contribution in [0.25, 0.3) is 11.1 Å². The normalized spacial score (nSPS) is 9.43. The molecule has 2 aromatic rings. The monoisotopic (exact) mass is 277 g/mol. The molecule has 6 heteroatoms. The van der Waals surface area contributed by atoms with Crippen LogP contribution in [0.4, 0.5) is 5.69 Å². The summed E-state index contributed by atoms with van der Waals surface area (Å²) in [5.74, 6) is 0.662. The smallest absolute Gasteiger partial charge is 0.195 e. The maximum atomic E-state index is 9.00. The highest BCUT2D eigenvalue weighted by molar-refractivity contribution is 5.78. The molecule has 6 nitrogen and oxygen atoms in total. The first-order chi connectivity index (χ1) is 10.2. The summed E-state index contributed by atoms with van der Waals surface area (Å²) in [4.78, 5) is 4.35. The Morgan fingerprint density at radius 3 is 2.62 bits per heavy atom. The number of oxazole rings is 1. The van der Waals surface area contributed by atoms with E-state index in [-0.39, 0.29) is 11.3 Å². The first-order valence-electron chi connectivity index (χ1n) is 6.32. The van der Waals surface area contributed by atoms with Crippen LogP contribution in [-0.4, -0.2) is 4.98 Å². The lowest BCUT2D eigenvalue weighted by Crippen LogP contribution is -2.00. The van der Waals surface area contributed by atoms with Crippen molar-refractivity contribution in [2.75, 3.05) is 5.32 Å². The number of allylic oxidation sites excluding steroid dienone is 2. The van der Waals surface area contributed by atoms with Gasteiger partial charge in [-0.05, 0) is 24.6 Å². The van der Waals surface area contributed by atoms with E-state index in [1.807, 2.05) is 6.92 Å². The van der Waals surface area contributed by atoms with Gasteiger partial charge in [-0.3, -0.25) is 0 Å². The van der Waals surface area contributed by atoms with Crippen LogP contribution in [0.3, 0.4) is 0 Å². The summed E-state index contributed by atoms with van der Waals surface area (Å²) >= 11 is 0. The fourth-order valence-corrected chi connectivity index (χ4v) is 1.80. The van der Waals surface area contributed by atoms with Crippen LogP contribution >= 0.6 is 0 Å². The minimum Gasteiger partial charge on any atom is -0.441 e. The van der Waals surface area contributed by atoms with E-state index >= 15 is 0 Å². The summed E-state index contributed by atoms with van der Waals surface area (Å²) in [6.45, 7) is 2.04. The van der Waals surface area contributed by atoms with E-state index in [1.54, 1.807) is 36.4 Å². The zero-order valence-corrected chi connectivity index (χ0v) is 11.3. The van der Waals surface area contributed by atoms with Crippen LogP contribution in [0.1, 0.15) is 19.2 Å². The Labute approximate surface area is 121 Å². The molecule has 0 aliphatic heterocycles. The topological polar surface area (TPSA) is 109 Å². The third-order valence-electron chi connectivity index (χ3n) is 2.75. The molecule has 1 heterocycles. The number of benzene rings is 1. The van der Waals surface area contributed by atoms with Gasteiger partial charge in [0.05, 0.1) is 0 Å². The van der Waals surface area contributed by atoms with Crippen molar-refractivity contribution in [3.05, 3.63) is 35.4 Å². The zero-order valence-electron chi connectivity index (χ0n) is 11.3. The van der Waals surface area contributed by atoms with E-state index in [9.17, 15) is 0 Å².